The fourth-order valence-electron chi connectivity index (χ4n) is 0.900. The molecule has 0 aliphatic heterocycles. The summed E-state index contributed by atoms with van der Waals surface area (Å²) < 4.78 is 0. The van der Waals surface area contributed by atoms with E-state index in [0.29, 0.717) is 5.82 Å². The van der Waals surface area contributed by atoms with Crippen LogP contribution in [0.25, 0.3) is 0 Å². The van der Waals surface area contributed by atoms with Gasteiger partial charge in [0.1, 0.15) is 12.2 Å². The predicted octanol–water partition coefficient (Wildman–Crippen LogP) is -0.377. The first kappa shape index (κ1) is 10.9. The Bertz CT molecular complexity index is 371. The summed E-state index contributed by atoms with van der Waals surface area (Å²) in [7, 11) is 0. The Morgan fingerprint density at radius 1 is 1.60 bits per heavy atom. The summed E-state index contributed by atoms with van der Waals surface area (Å²) >= 11 is 0. The molecule has 0 aliphatic rings. The lowest BCUT2D eigenvalue weighted by Crippen LogP contribution is -2.25. The Balaban J connectivity index is 2.49. The van der Waals surface area contributed by atoms with Gasteiger partial charge in [0.15, 0.2) is 0 Å². The molecule has 0 spiro atoms. The number of aromatic amines is 1. The highest BCUT2D eigenvalue weighted by Gasteiger charge is 2.09. The second-order valence-corrected chi connectivity index (χ2v) is 2.77. The number of carbonyl (C=O) groups is 2. The van der Waals surface area contributed by atoms with Crippen LogP contribution in [0.2, 0.25) is 0 Å². The van der Waals surface area contributed by atoms with Crippen molar-refractivity contribution in [1.82, 2.24) is 20.5 Å². The minimum absolute atomic E-state index is 0.349. The zero-order chi connectivity index (χ0) is 11.3. The Hall–Kier alpha value is -2.18. The van der Waals surface area contributed by atoms with Gasteiger partial charge in [-0.2, -0.15) is 5.10 Å². The lowest BCUT2D eigenvalue weighted by Gasteiger charge is -2.07. The molecule has 80 valence electrons. The van der Waals surface area contributed by atoms with E-state index in [4.69, 9.17) is 5.11 Å². The van der Waals surface area contributed by atoms with Gasteiger partial charge in [0, 0.05) is 12.2 Å². The summed E-state index contributed by atoms with van der Waals surface area (Å²) in [6.07, 6.45) is 3.03. The number of carboxylic acids is 1. The van der Waals surface area contributed by atoms with Gasteiger partial charge in [0.05, 0.1) is 6.04 Å². The smallest absolute Gasteiger partial charge is 0.328 e. The average molecular weight is 210 g/mol. The van der Waals surface area contributed by atoms with Crippen molar-refractivity contribution in [3.8, 4) is 0 Å². The van der Waals surface area contributed by atoms with E-state index in [-0.39, 0.29) is 6.04 Å². The van der Waals surface area contributed by atoms with E-state index in [1.165, 1.54) is 6.33 Å². The van der Waals surface area contributed by atoms with Crippen LogP contribution < -0.4 is 5.32 Å². The van der Waals surface area contributed by atoms with E-state index in [1.807, 2.05) is 0 Å². The Kier molecular flexibility index (Phi) is 3.55. The highest BCUT2D eigenvalue weighted by molar-refractivity contribution is 5.93. The molecule has 0 aromatic carbocycles. The Morgan fingerprint density at radius 2 is 2.33 bits per heavy atom. The van der Waals surface area contributed by atoms with E-state index in [0.717, 1.165) is 12.2 Å². The second kappa shape index (κ2) is 4.89. The fourth-order valence-corrected chi connectivity index (χ4v) is 0.900. The van der Waals surface area contributed by atoms with E-state index < -0.39 is 11.9 Å². The lowest BCUT2D eigenvalue weighted by molar-refractivity contribution is -0.131. The SMILES string of the molecule is CC(NC(=O)/C=C/C(=O)O)c1ncn[nH]1. The highest BCUT2D eigenvalue weighted by Crippen LogP contribution is 2.03. The molecule has 1 aromatic heterocycles. The normalized spacial score (nSPS) is 12.6. The largest absolute Gasteiger partial charge is 0.478 e. The summed E-state index contributed by atoms with van der Waals surface area (Å²) in [5, 5.41) is 17.0. The fraction of sp³-hybridized carbons (Fsp3) is 0.250. The molecule has 1 rings (SSSR count). The summed E-state index contributed by atoms with van der Waals surface area (Å²) in [4.78, 5) is 25.1. The quantitative estimate of drug-likeness (QED) is 0.587. The molecule has 0 saturated heterocycles. The number of hydrogen-bond donors (Lipinski definition) is 3. The maximum absolute atomic E-state index is 11.1. The number of carboxylic acid groups (broad SMARTS) is 1. The molecule has 0 saturated carbocycles. The van der Waals surface area contributed by atoms with Gasteiger partial charge in [0.25, 0.3) is 0 Å². The molecule has 1 atom stereocenters. The third-order valence-corrected chi connectivity index (χ3v) is 1.58. The Morgan fingerprint density at radius 3 is 2.87 bits per heavy atom. The van der Waals surface area contributed by atoms with Crippen LogP contribution in [0.5, 0.6) is 0 Å². The molecule has 0 fully saturated rings. The molecule has 1 unspecified atom stereocenters. The van der Waals surface area contributed by atoms with Crippen molar-refractivity contribution in [3.63, 3.8) is 0 Å². The summed E-state index contributed by atoms with van der Waals surface area (Å²) in [6.45, 7) is 1.70. The van der Waals surface area contributed by atoms with Crippen LogP contribution in [-0.4, -0.2) is 32.2 Å². The van der Waals surface area contributed by atoms with Crippen LogP contribution in [0.15, 0.2) is 18.5 Å². The van der Waals surface area contributed by atoms with Crippen molar-refractivity contribution in [3.05, 3.63) is 24.3 Å². The van der Waals surface area contributed by atoms with E-state index in [1.54, 1.807) is 6.92 Å². The molecule has 1 heterocycles. The van der Waals surface area contributed by atoms with Gasteiger partial charge >= 0.3 is 5.97 Å². The molecular weight excluding hydrogens is 200 g/mol. The van der Waals surface area contributed by atoms with Crippen LogP contribution in [0.4, 0.5) is 0 Å². The van der Waals surface area contributed by atoms with E-state index >= 15 is 0 Å². The molecule has 1 amide bonds. The topological polar surface area (TPSA) is 108 Å². The number of aromatic nitrogens is 3. The number of hydrogen-bond acceptors (Lipinski definition) is 4. The third-order valence-electron chi connectivity index (χ3n) is 1.58. The minimum atomic E-state index is -1.17. The third kappa shape index (κ3) is 3.59. The van der Waals surface area contributed by atoms with Crippen LogP contribution >= 0.6 is 0 Å². The molecule has 0 radical (unpaired) electrons. The minimum Gasteiger partial charge on any atom is -0.478 e. The molecule has 1 aromatic rings. The van der Waals surface area contributed by atoms with Gasteiger partial charge in [-0.25, -0.2) is 9.78 Å². The molecule has 0 aliphatic carbocycles. The summed E-state index contributed by atoms with van der Waals surface area (Å²) in [5.41, 5.74) is 0. The standard InChI is InChI=1S/C8H10N4O3/c1-5(8-9-4-10-12-8)11-6(13)2-3-7(14)15/h2-5H,1H3,(H,11,13)(H,14,15)(H,9,10,12)/b3-2+. The highest BCUT2D eigenvalue weighted by atomic mass is 16.4. The summed E-state index contributed by atoms with van der Waals surface area (Å²) in [5.74, 6) is -1.16. The number of amides is 1. The van der Waals surface area contributed by atoms with Gasteiger partial charge < -0.3 is 10.4 Å². The monoisotopic (exact) mass is 210 g/mol. The van der Waals surface area contributed by atoms with Gasteiger partial charge in [-0.15, -0.1) is 0 Å². The van der Waals surface area contributed by atoms with Gasteiger partial charge in [-0.1, -0.05) is 0 Å². The van der Waals surface area contributed by atoms with Crippen LogP contribution in [0.3, 0.4) is 0 Å². The summed E-state index contributed by atoms with van der Waals surface area (Å²) in [6, 6.07) is -0.349. The number of H-pyrrole nitrogens is 1. The van der Waals surface area contributed by atoms with E-state index in [2.05, 4.69) is 20.5 Å². The van der Waals surface area contributed by atoms with Crippen LogP contribution in [0, 0.1) is 0 Å². The zero-order valence-electron chi connectivity index (χ0n) is 7.97. The molecule has 7 nitrogen and oxygen atoms in total. The average Bonchev–Trinajstić information content (AvgIpc) is 2.67. The maximum Gasteiger partial charge on any atom is 0.328 e. The lowest BCUT2D eigenvalue weighted by atomic mass is 10.3. The number of aliphatic carboxylic acids is 1. The molecule has 15 heavy (non-hydrogen) atoms. The van der Waals surface area contributed by atoms with Crippen molar-refractivity contribution >= 4 is 11.9 Å². The maximum atomic E-state index is 11.1. The van der Waals surface area contributed by atoms with Gasteiger partial charge in [0.2, 0.25) is 5.91 Å². The number of nitrogens with zero attached hydrogens (tertiary/aromatic N) is 2. The second-order valence-electron chi connectivity index (χ2n) is 2.77. The molecule has 7 heteroatoms. The van der Waals surface area contributed by atoms with Crippen LogP contribution in [-0.2, 0) is 9.59 Å². The zero-order valence-corrected chi connectivity index (χ0v) is 7.97. The first-order valence-corrected chi connectivity index (χ1v) is 4.16. The van der Waals surface area contributed by atoms with Crippen molar-refractivity contribution < 1.29 is 14.7 Å². The number of rotatable bonds is 4. The first-order valence-electron chi connectivity index (χ1n) is 4.16. The van der Waals surface area contributed by atoms with Gasteiger partial charge in [-0.05, 0) is 6.92 Å². The Labute approximate surface area is 85.2 Å². The van der Waals surface area contributed by atoms with Crippen molar-refractivity contribution in [2.24, 2.45) is 0 Å². The number of nitrogens with one attached hydrogen (secondary N) is 2. The van der Waals surface area contributed by atoms with E-state index in [9.17, 15) is 9.59 Å². The van der Waals surface area contributed by atoms with Crippen molar-refractivity contribution in [2.45, 2.75) is 13.0 Å². The first-order chi connectivity index (χ1) is 7.09. The van der Waals surface area contributed by atoms with Crippen molar-refractivity contribution in [2.75, 3.05) is 0 Å². The van der Waals surface area contributed by atoms with Gasteiger partial charge in [-0.3, -0.25) is 9.89 Å². The predicted molar refractivity (Wildman–Crippen MR) is 49.7 cm³/mol. The molecular formula is C8H10N4O3. The number of carbonyl (C=O) groups excluding carboxylic acids is 1. The molecule has 3 N–H and O–H groups in total. The van der Waals surface area contributed by atoms with Crippen LogP contribution in [0.1, 0.15) is 18.8 Å². The molecule has 0 bridgehead atoms. The van der Waals surface area contributed by atoms with Crippen molar-refractivity contribution in [1.29, 1.82) is 0 Å².